The Bertz CT molecular complexity index is 1190. The fourth-order valence-electron chi connectivity index (χ4n) is 3.76. The second-order valence-corrected chi connectivity index (χ2v) is 6.55. The maximum Gasteiger partial charge on any atom is 0.214 e. The molecule has 0 unspecified atom stereocenters. The van der Waals surface area contributed by atoms with Crippen LogP contribution in [0.25, 0.3) is 0 Å². The summed E-state index contributed by atoms with van der Waals surface area (Å²) in [7, 11) is 0. The van der Waals surface area contributed by atoms with E-state index < -0.39 is 6.10 Å². The molecule has 3 aromatic carbocycles. The SMILES string of the molecule is O=C1C(c2ccc3c(c2O)[C@@H](O)c2ccccc2C3=O)=Nc2ccccc21. The van der Waals surface area contributed by atoms with Crippen molar-refractivity contribution in [1.29, 1.82) is 0 Å². The van der Waals surface area contributed by atoms with E-state index in [9.17, 15) is 19.8 Å². The third kappa shape index (κ3) is 2.06. The van der Waals surface area contributed by atoms with Crippen LogP contribution in [0.3, 0.4) is 0 Å². The average Bonchev–Trinajstić information content (AvgIpc) is 3.03. The van der Waals surface area contributed by atoms with Crippen molar-refractivity contribution in [2.45, 2.75) is 6.10 Å². The molecule has 0 aromatic heterocycles. The minimum Gasteiger partial charge on any atom is -0.507 e. The molecular weight excluding hydrogens is 342 g/mol. The standard InChI is InChI=1S/C22H13NO4/c24-19-11-5-1-2-6-12(11)20(25)17-14(19)9-10-15(21(17)26)18-22(27)13-7-3-4-8-16(13)23-18/h1-10,20,25-26H/t20-/m0/s1. The quantitative estimate of drug-likeness (QED) is 0.701. The van der Waals surface area contributed by atoms with Gasteiger partial charge in [0.25, 0.3) is 0 Å². The summed E-state index contributed by atoms with van der Waals surface area (Å²) in [4.78, 5) is 29.8. The number of aliphatic hydroxyl groups excluding tert-OH is 1. The summed E-state index contributed by atoms with van der Waals surface area (Å²) in [5, 5.41) is 21.6. The Kier molecular flexibility index (Phi) is 3.17. The van der Waals surface area contributed by atoms with Gasteiger partial charge in [-0.3, -0.25) is 9.59 Å². The molecule has 1 atom stereocenters. The van der Waals surface area contributed by atoms with E-state index in [1.54, 1.807) is 48.5 Å². The Morgan fingerprint density at radius 2 is 1.41 bits per heavy atom. The van der Waals surface area contributed by atoms with Crippen LogP contribution < -0.4 is 0 Å². The molecule has 0 radical (unpaired) electrons. The normalized spacial score (nSPS) is 17.2. The number of ketones is 2. The molecule has 3 aromatic rings. The number of aromatic hydroxyl groups is 1. The second-order valence-electron chi connectivity index (χ2n) is 6.55. The van der Waals surface area contributed by atoms with Gasteiger partial charge in [0.05, 0.1) is 5.69 Å². The van der Waals surface area contributed by atoms with Crippen molar-refractivity contribution in [1.82, 2.24) is 0 Å². The number of phenols is 1. The molecule has 2 N–H and O–H groups in total. The summed E-state index contributed by atoms with van der Waals surface area (Å²) in [6, 6.07) is 16.7. The highest BCUT2D eigenvalue weighted by Gasteiger charge is 2.35. The van der Waals surface area contributed by atoms with Gasteiger partial charge in [0.15, 0.2) is 5.78 Å². The Hall–Kier alpha value is -3.57. The zero-order valence-electron chi connectivity index (χ0n) is 14.0. The number of phenolic OH excluding ortho intramolecular Hbond substituents is 1. The van der Waals surface area contributed by atoms with Crippen LogP contribution in [-0.2, 0) is 0 Å². The lowest BCUT2D eigenvalue weighted by molar-refractivity contribution is 0.101. The first kappa shape index (κ1) is 15.7. The average molecular weight is 355 g/mol. The van der Waals surface area contributed by atoms with E-state index in [1.807, 2.05) is 0 Å². The second kappa shape index (κ2) is 5.46. The van der Waals surface area contributed by atoms with Crippen molar-refractivity contribution in [3.8, 4) is 5.75 Å². The van der Waals surface area contributed by atoms with Crippen LogP contribution in [0.4, 0.5) is 5.69 Å². The molecule has 0 fully saturated rings. The number of Topliss-reactive ketones (excluding diaryl/α,β-unsaturated/α-hetero) is 1. The Balaban J connectivity index is 1.69. The van der Waals surface area contributed by atoms with E-state index in [1.165, 1.54) is 12.1 Å². The van der Waals surface area contributed by atoms with Crippen LogP contribution in [0.5, 0.6) is 5.75 Å². The number of carbonyl (C=O) groups is 2. The lowest BCUT2D eigenvalue weighted by Crippen LogP contribution is -2.21. The highest BCUT2D eigenvalue weighted by molar-refractivity contribution is 6.55. The van der Waals surface area contributed by atoms with E-state index in [0.29, 0.717) is 22.4 Å². The van der Waals surface area contributed by atoms with Crippen LogP contribution in [0.2, 0.25) is 0 Å². The minimum atomic E-state index is -1.16. The van der Waals surface area contributed by atoms with Gasteiger partial charge in [-0.25, -0.2) is 4.99 Å². The van der Waals surface area contributed by atoms with Gasteiger partial charge in [-0.05, 0) is 29.8 Å². The molecule has 1 heterocycles. The van der Waals surface area contributed by atoms with Gasteiger partial charge in [0.2, 0.25) is 5.78 Å². The monoisotopic (exact) mass is 355 g/mol. The molecule has 5 rings (SSSR count). The molecule has 0 bridgehead atoms. The molecule has 0 amide bonds. The maximum atomic E-state index is 12.8. The van der Waals surface area contributed by atoms with Crippen molar-refractivity contribution in [3.63, 3.8) is 0 Å². The molecule has 5 nitrogen and oxygen atoms in total. The van der Waals surface area contributed by atoms with E-state index in [4.69, 9.17) is 0 Å². The zero-order valence-corrected chi connectivity index (χ0v) is 14.0. The molecule has 1 aliphatic carbocycles. The van der Waals surface area contributed by atoms with Gasteiger partial charge < -0.3 is 10.2 Å². The molecular formula is C22H13NO4. The number of carbonyl (C=O) groups excluding carboxylic acids is 2. The Morgan fingerprint density at radius 1 is 0.741 bits per heavy atom. The smallest absolute Gasteiger partial charge is 0.214 e. The highest BCUT2D eigenvalue weighted by Crippen LogP contribution is 2.42. The van der Waals surface area contributed by atoms with Gasteiger partial charge in [-0.2, -0.15) is 0 Å². The summed E-state index contributed by atoms with van der Waals surface area (Å²) in [6.07, 6.45) is -1.16. The van der Waals surface area contributed by atoms with E-state index in [2.05, 4.69) is 4.99 Å². The van der Waals surface area contributed by atoms with Crippen LogP contribution in [0.1, 0.15) is 49.1 Å². The first-order valence-electron chi connectivity index (χ1n) is 8.48. The number of fused-ring (bicyclic) bond motifs is 3. The molecule has 0 spiro atoms. The van der Waals surface area contributed by atoms with E-state index >= 15 is 0 Å². The first-order valence-corrected chi connectivity index (χ1v) is 8.48. The van der Waals surface area contributed by atoms with Crippen LogP contribution in [0, 0.1) is 0 Å². The molecule has 27 heavy (non-hydrogen) atoms. The molecule has 5 heteroatoms. The van der Waals surface area contributed by atoms with Crippen molar-refractivity contribution in [3.05, 3.63) is 94.0 Å². The Labute approximate surface area is 154 Å². The maximum absolute atomic E-state index is 12.8. The summed E-state index contributed by atoms with van der Waals surface area (Å²) < 4.78 is 0. The minimum absolute atomic E-state index is 0.106. The summed E-state index contributed by atoms with van der Waals surface area (Å²) in [5.41, 5.74) is 2.50. The van der Waals surface area contributed by atoms with Crippen molar-refractivity contribution in [2.24, 2.45) is 4.99 Å². The number of rotatable bonds is 1. The number of hydrogen-bond acceptors (Lipinski definition) is 5. The molecule has 1 aliphatic heterocycles. The van der Waals surface area contributed by atoms with Gasteiger partial charge in [-0.15, -0.1) is 0 Å². The van der Waals surface area contributed by atoms with Gasteiger partial charge in [-0.1, -0.05) is 36.4 Å². The van der Waals surface area contributed by atoms with Gasteiger partial charge in [0, 0.05) is 27.8 Å². The van der Waals surface area contributed by atoms with E-state index in [0.717, 1.165) is 0 Å². The lowest BCUT2D eigenvalue weighted by atomic mass is 9.81. The van der Waals surface area contributed by atoms with Gasteiger partial charge in [0.1, 0.15) is 17.6 Å². The van der Waals surface area contributed by atoms with E-state index in [-0.39, 0.29) is 39.7 Å². The van der Waals surface area contributed by atoms with Crippen LogP contribution in [0.15, 0.2) is 65.7 Å². The van der Waals surface area contributed by atoms with Crippen LogP contribution in [-0.4, -0.2) is 27.5 Å². The number of aliphatic imine (C=N–C) groups is 1. The molecule has 0 saturated heterocycles. The number of hydrogen-bond donors (Lipinski definition) is 2. The fourth-order valence-corrected chi connectivity index (χ4v) is 3.76. The highest BCUT2D eigenvalue weighted by atomic mass is 16.3. The van der Waals surface area contributed by atoms with Crippen molar-refractivity contribution < 1.29 is 19.8 Å². The summed E-state index contributed by atoms with van der Waals surface area (Å²) in [6.45, 7) is 0. The molecule has 0 saturated carbocycles. The predicted molar refractivity (Wildman–Crippen MR) is 99.0 cm³/mol. The number of aliphatic hydroxyl groups is 1. The van der Waals surface area contributed by atoms with Gasteiger partial charge >= 0.3 is 0 Å². The first-order chi connectivity index (χ1) is 13.1. The van der Waals surface area contributed by atoms with Crippen LogP contribution >= 0.6 is 0 Å². The van der Waals surface area contributed by atoms with Crippen molar-refractivity contribution >= 4 is 23.0 Å². The molecule has 130 valence electrons. The summed E-state index contributed by atoms with van der Waals surface area (Å²) >= 11 is 0. The zero-order chi connectivity index (χ0) is 18.7. The fraction of sp³-hybridized carbons (Fsp3) is 0.0455. The Morgan fingerprint density at radius 3 is 2.19 bits per heavy atom. The summed E-state index contributed by atoms with van der Waals surface area (Å²) in [5.74, 6) is -0.851. The number of nitrogens with zero attached hydrogens (tertiary/aromatic N) is 1. The molecule has 2 aliphatic rings. The topological polar surface area (TPSA) is 87.0 Å². The predicted octanol–water partition coefficient (Wildman–Crippen LogP) is 3.34. The number of benzene rings is 3. The lowest BCUT2D eigenvalue weighted by Gasteiger charge is -2.25. The number of para-hydroxylation sites is 1. The third-order valence-corrected chi connectivity index (χ3v) is 5.09. The largest absolute Gasteiger partial charge is 0.507 e. The third-order valence-electron chi connectivity index (χ3n) is 5.09. The van der Waals surface area contributed by atoms with Crippen molar-refractivity contribution in [2.75, 3.05) is 0 Å².